The number of carbonyl (C=O) groups excluding carboxylic acids is 1. The number of rotatable bonds is 4. The molecular formula is C19H18N2O4. The van der Waals surface area contributed by atoms with Gasteiger partial charge in [0.15, 0.2) is 0 Å². The van der Waals surface area contributed by atoms with Crippen LogP contribution >= 0.6 is 0 Å². The topological polar surface area (TPSA) is 92.4 Å². The Bertz CT molecular complexity index is 1010. The van der Waals surface area contributed by atoms with Gasteiger partial charge in [-0.25, -0.2) is 9.78 Å². The number of aromatic nitrogens is 1. The van der Waals surface area contributed by atoms with E-state index >= 15 is 0 Å². The third-order valence-corrected chi connectivity index (χ3v) is 4.03. The fraction of sp³-hybridized carbons (Fsp3) is 0.211. The Balaban J connectivity index is 1.78. The minimum Gasteiger partial charge on any atom is -0.508 e. The zero-order valence-electron chi connectivity index (χ0n) is 14.0. The van der Waals surface area contributed by atoms with E-state index in [1.165, 1.54) is 12.1 Å². The van der Waals surface area contributed by atoms with E-state index < -0.39 is 5.63 Å². The van der Waals surface area contributed by atoms with Crippen LogP contribution in [0, 0.1) is 13.8 Å². The lowest BCUT2D eigenvalue weighted by atomic mass is 10.0. The molecule has 0 fully saturated rings. The summed E-state index contributed by atoms with van der Waals surface area (Å²) >= 11 is 0. The predicted octanol–water partition coefficient (Wildman–Crippen LogP) is 3.08. The summed E-state index contributed by atoms with van der Waals surface area (Å²) in [6.45, 7) is 3.66. The Hall–Kier alpha value is -3.15. The van der Waals surface area contributed by atoms with Gasteiger partial charge in [-0.3, -0.25) is 4.79 Å². The standard InChI is InChI=1S/C19H18N2O4/c1-11-4-3-5-17(20-11)21-18(23)9-8-15-12(2)14-7-6-13(22)10-16(14)25-19(15)24/h3-7,10,22H,8-9H2,1-2H3,(H,20,21,23). The van der Waals surface area contributed by atoms with Gasteiger partial charge in [-0.2, -0.15) is 0 Å². The van der Waals surface area contributed by atoms with Crippen molar-refractivity contribution in [3.63, 3.8) is 0 Å². The van der Waals surface area contributed by atoms with Gasteiger partial charge in [-0.15, -0.1) is 0 Å². The van der Waals surface area contributed by atoms with Gasteiger partial charge in [0.1, 0.15) is 17.2 Å². The second-order valence-electron chi connectivity index (χ2n) is 5.89. The summed E-state index contributed by atoms with van der Waals surface area (Å²) in [7, 11) is 0. The molecule has 25 heavy (non-hydrogen) atoms. The molecule has 0 spiro atoms. The maximum absolute atomic E-state index is 12.2. The number of phenolic OH excluding ortho intramolecular Hbond substituents is 1. The van der Waals surface area contributed by atoms with E-state index in [2.05, 4.69) is 10.3 Å². The van der Waals surface area contributed by atoms with Gasteiger partial charge < -0.3 is 14.8 Å². The fourth-order valence-corrected chi connectivity index (χ4v) is 2.73. The lowest BCUT2D eigenvalue weighted by molar-refractivity contribution is -0.116. The molecule has 128 valence electrons. The van der Waals surface area contributed by atoms with E-state index in [1.54, 1.807) is 12.1 Å². The van der Waals surface area contributed by atoms with Gasteiger partial charge in [0.05, 0.1) is 0 Å². The number of fused-ring (bicyclic) bond motifs is 1. The van der Waals surface area contributed by atoms with Gasteiger partial charge in [-0.05, 0) is 50.1 Å². The van der Waals surface area contributed by atoms with Crippen LogP contribution in [0.2, 0.25) is 0 Å². The Morgan fingerprint density at radius 1 is 1.24 bits per heavy atom. The molecule has 6 heteroatoms. The summed E-state index contributed by atoms with van der Waals surface area (Å²) in [5.74, 6) is 0.304. The molecule has 0 saturated heterocycles. The molecule has 0 aliphatic rings. The summed E-state index contributed by atoms with van der Waals surface area (Å²) in [6, 6.07) is 10.0. The van der Waals surface area contributed by atoms with Crippen LogP contribution < -0.4 is 10.9 Å². The lowest BCUT2D eigenvalue weighted by Gasteiger charge is -2.08. The third-order valence-electron chi connectivity index (χ3n) is 4.03. The summed E-state index contributed by atoms with van der Waals surface area (Å²) in [5.41, 5.74) is 1.88. The Kier molecular flexibility index (Phi) is 4.52. The normalized spacial score (nSPS) is 10.8. The number of amides is 1. The van der Waals surface area contributed by atoms with Crippen LogP contribution in [0.1, 0.15) is 23.2 Å². The van der Waals surface area contributed by atoms with Crippen LogP contribution in [-0.2, 0) is 11.2 Å². The monoisotopic (exact) mass is 338 g/mol. The molecule has 2 heterocycles. The number of hydrogen-bond acceptors (Lipinski definition) is 5. The minimum absolute atomic E-state index is 0.0350. The van der Waals surface area contributed by atoms with Crippen LogP contribution in [0.3, 0.4) is 0 Å². The van der Waals surface area contributed by atoms with E-state index in [9.17, 15) is 14.7 Å². The highest BCUT2D eigenvalue weighted by Gasteiger charge is 2.13. The van der Waals surface area contributed by atoms with Crippen molar-refractivity contribution in [1.29, 1.82) is 0 Å². The first-order chi connectivity index (χ1) is 11.9. The second kappa shape index (κ2) is 6.76. The molecule has 2 aromatic heterocycles. The summed E-state index contributed by atoms with van der Waals surface area (Å²) in [6.07, 6.45) is 0.410. The van der Waals surface area contributed by atoms with Crippen molar-refractivity contribution in [3.05, 3.63) is 63.6 Å². The average molecular weight is 338 g/mol. The highest BCUT2D eigenvalue weighted by molar-refractivity contribution is 5.90. The quantitative estimate of drug-likeness (QED) is 0.713. The van der Waals surface area contributed by atoms with E-state index in [-0.39, 0.29) is 24.5 Å². The largest absolute Gasteiger partial charge is 0.508 e. The number of hydrogen-bond donors (Lipinski definition) is 2. The van der Waals surface area contributed by atoms with Crippen LogP contribution in [-0.4, -0.2) is 16.0 Å². The molecule has 1 amide bonds. The van der Waals surface area contributed by atoms with Crippen LogP contribution in [0.25, 0.3) is 11.0 Å². The van der Waals surface area contributed by atoms with E-state index in [0.717, 1.165) is 16.6 Å². The zero-order valence-corrected chi connectivity index (χ0v) is 14.0. The highest BCUT2D eigenvalue weighted by atomic mass is 16.4. The van der Waals surface area contributed by atoms with E-state index in [0.29, 0.717) is 17.0 Å². The van der Waals surface area contributed by atoms with Gasteiger partial charge in [0, 0.05) is 29.1 Å². The number of nitrogens with one attached hydrogen (secondary N) is 1. The van der Waals surface area contributed by atoms with Gasteiger partial charge >= 0.3 is 5.63 Å². The molecule has 0 atom stereocenters. The van der Waals surface area contributed by atoms with Crippen LogP contribution in [0.4, 0.5) is 5.82 Å². The Morgan fingerprint density at radius 3 is 2.80 bits per heavy atom. The minimum atomic E-state index is -0.489. The fourth-order valence-electron chi connectivity index (χ4n) is 2.73. The van der Waals surface area contributed by atoms with Crippen LogP contribution in [0.15, 0.2) is 45.6 Å². The molecular weight excluding hydrogens is 320 g/mol. The van der Waals surface area contributed by atoms with Crippen molar-refractivity contribution in [2.45, 2.75) is 26.7 Å². The number of aromatic hydroxyl groups is 1. The molecule has 0 radical (unpaired) electrons. The molecule has 0 aliphatic heterocycles. The number of benzene rings is 1. The van der Waals surface area contributed by atoms with Gasteiger partial charge in [0.2, 0.25) is 5.91 Å². The van der Waals surface area contributed by atoms with Crippen molar-refractivity contribution in [2.24, 2.45) is 0 Å². The number of phenols is 1. The molecule has 3 aromatic rings. The van der Waals surface area contributed by atoms with E-state index in [1.807, 2.05) is 26.0 Å². The molecule has 0 aliphatic carbocycles. The average Bonchev–Trinajstić information content (AvgIpc) is 2.54. The number of nitrogens with zero attached hydrogens (tertiary/aromatic N) is 1. The third kappa shape index (κ3) is 3.68. The molecule has 0 saturated carbocycles. The molecule has 3 rings (SSSR count). The number of aryl methyl sites for hydroxylation is 2. The first-order valence-corrected chi connectivity index (χ1v) is 7.93. The van der Waals surface area contributed by atoms with Crippen LogP contribution in [0.5, 0.6) is 5.75 Å². The van der Waals surface area contributed by atoms with Crippen molar-refractivity contribution in [3.8, 4) is 5.75 Å². The first-order valence-electron chi connectivity index (χ1n) is 7.93. The second-order valence-corrected chi connectivity index (χ2v) is 5.89. The van der Waals surface area contributed by atoms with Crippen molar-refractivity contribution in [2.75, 3.05) is 5.32 Å². The SMILES string of the molecule is Cc1cccc(NC(=O)CCc2c(C)c3ccc(O)cc3oc2=O)n1. The van der Waals surface area contributed by atoms with E-state index in [4.69, 9.17) is 4.42 Å². The lowest BCUT2D eigenvalue weighted by Crippen LogP contribution is -2.17. The Labute approximate surface area is 144 Å². The summed E-state index contributed by atoms with van der Waals surface area (Å²) < 4.78 is 5.26. The molecule has 1 aromatic carbocycles. The predicted molar refractivity (Wildman–Crippen MR) is 94.8 cm³/mol. The molecule has 0 unspecified atom stereocenters. The summed E-state index contributed by atoms with van der Waals surface area (Å²) in [4.78, 5) is 28.5. The smallest absolute Gasteiger partial charge is 0.339 e. The number of pyridine rings is 1. The summed E-state index contributed by atoms with van der Waals surface area (Å²) in [5, 5.41) is 13.0. The first kappa shape index (κ1) is 16.7. The molecule has 0 bridgehead atoms. The molecule has 2 N–H and O–H groups in total. The maximum atomic E-state index is 12.2. The zero-order chi connectivity index (χ0) is 18.0. The number of anilines is 1. The van der Waals surface area contributed by atoms with Crippen molar-refractivity contribution < 1.29 is 14.3 Å². The molecule has 6 nitrogen and oxygen atoms in total. The maximum Gasteiger partial charge on any atom is 0.339 e. The highest BCUT2D eigenvalue weighted by Crippen LogP contribution is 2.23. The van der Waals surface area contributed by atoms with Gasteiger partial charge in [0.25, 0.3) is 0 Å². The van der Waals surface area contributed by atoms with Gasteiger partial charge in [-0.1, -0.05) is 6.07 Å². The number of carbonyl (C=O) groups is 1. The Morgan fingerprint density at radius 2 is 2.04 bits per heavy atom. The van der Waals surface area contributed by atoms with Crippen molar-refractivity contribution >= 4 is 22.7 Å². The van der Waals surface area contributed by atoms with Crippen molar-refractivity contribution in [1.82, 2.24) is 4.98 Å².